The van der Waals surface area contributed by atoms with Crippen LogP contribution in [-0.4, -0.2) is 66.1 Å². The van der Waals surface area contributed by atoms with E-state index in [1.807, 2.05) is 30.3 Å². The molecule has 0 atom stereocenters. The fraction of sp³-hybridized carbons (Fsp3) is 0.400. The minimum absolute atomic E-state index is 0.0735. The summed E-state index contributed by atoms with van der Waals surface area (Å²) in [5.74, 6) is 0.0735. The van der Waals surface area contributed by atoms with Crippen LogP contribution in [0.1, 0.15) is 13.3 Å². The number of aromatic nitrogens is 1. The highest BCUT2D eigenvalue weighted by Gasteiger charge is 2.15. The number of para-hydroxylation sites is 1. The molecule has 5 heteroatoms. The maximum Gasteiger partial charge on any atom is 0.239 e. The quantitative estimate of drug-likeness (QED) is 0.585. The van der Waals surface area contributed by atoms with Crippen LogP contribution in [0.4, 0.5) is 0 Å². The first-order chi connectivity index (χ1) is 14.7. The number of carbonyl (C=O) groups is 1. The molecule has 1 aromatic heterocycles. The first kappa shape index (κ1) is 20.6. The summed E-state index contributed by atoms with van der Waals surface area (Å²) in [6.07, 6.45) is 0.996. The summed E-state index contributed by atoms with van der Waals surface area (Å²) in [6.45, 7) is 10.1. The van der Waals surface area contributed by atoms with Gasteiger partial charge < -0.3 is 19.7 Å². The Kier molecular flexibility index (Phi) is 6.82. The summed E-state index contributed by atoms with van der Waals surface area (Å²) in [6, 6.07) is 20.7. The molecule has 3 aromatic rings. The van der Waals surface area contributed by atoms with Crippen molar-refractivity contribution in [2.75, 3.05) is 45.8 Å². The smallest absolute Gasteiger partial charge is 0.239 e. The van der Waals surface area contributed by atoms with Crippen LogP contribution in [0, 0.1) is 0 Å². The van der Waals surface area contributed by atoms with Crippen molar-refractivity contribution in [1.29, 1.82) is 0 Å². The highest BCUT2D eigenvalue weighted by Crippen LogP contribution is 2.28. The molecule has 1 aliphatic rings. The van der Waals surface area contributed by atoms with Crippen molar-refractivity contribution in [2.45, 2.75) is 19.9 Å². The van der Waals surface area contributed by atoms with Gasteiger partial charge in [-0.15, -0.1) is 0 Å². The largest absolute Gasteiger partial charge is 0.355 e. The lowest BCUT2D eigenvalue weighted by Crippen LogP contribution is -2.46. The molecule has 1 aliphatic heterocycles. The van der Waals surface area contributed by atoms with E-state index in [9.17, 15) is 4.79 Å². The number of likely N-dealkylation sites (N-methyl/N-ethyl adjacent to an activating group) is 1. The van der Waals surface area contributed by atoms with Gasteiger partial charge in [0.2, 0.25) is 5.91 Å². The van der Waals surface area contributed by atoms with E-state index >= 15 is 0 Å². The molecule has 1 amide bonds. The SMILES string of the molecule is CCN1CCN(CCCNC(=O)Cn2c(-c3ccccc3)cc3ccccc32)CC1. The zero-order valence-electron chi connectivity index (χ0n) is 17.9. The Morgan fingerprint density at radius 3 is 2.40 bits per heavy atom. The zero-order chi connectivity index (χ0) is 20.8. The van der Waals surface area contributed by atoms with Gasteiger partial charge in [-0.3, -0.25) is 4.79 Å². The maximum atomic E-state index is 12.7. The molecule has 1 saturated heterocycles. The van der Waals surface area contributed by atoms with Crippen LogP contribution in [0.5, 0.6) is 0 Å². The summed E-state index contributed by atoms with van der Waals surface area (Å²) >= 11 is 0. The molecule has 30 heavy (non-hydrogen) atoms. The van der Waals surface area contributed by atoms with E-state index in [-0.39, 0.29) is 5.91 Å². The van der Waals surface area contributed by atoms with Crippen LogP contribution in [0.3, 0.4) is 0 Å². The second-order valence-corrected chi connectivity index (χ2v) is 8.02. The van der Waals surface area contributed by atoms with Gasteiger partial charge in [0.15, 0.2) is 0 Å². The molecule has 5 nitrogen and oxygen atoms in total. The lowest BCUT2D eigenvalue weighted by atomic mass is 10.1. The van der Waals surface area contributed by atoms with Gasteiger partial charge in [-0.05, 0) is 37.2 Å². The van der Waals surface area contributed by atoms with E-state index in [2.05, 4.69) is 56.9 Å². The molecule has 0 spiro atoms. The number of hydrogen-bond donors (Lipinski definition) is 1. The topological polar surface area (TPSA) is 40.5 Å². The monoisotopic (exact) mass is 404 g/mol. The third-order valence-corrected chi connectivity index (χ3v) is 6.07. The Labute approximate surface area is 179 Å². The Bertz CT molecular complexity index is 958. The second kappa shape index (κ2) is 9.92. The predicted molar refractivity (Wildman–Crippen MR) is 124 cm³/mol. The normalized spacial score (nSPS) is 15.5. The lowest BCUT2D eigenvalue weighted by Gasteiger charge is -2.33. The molecule has 4 rings (SSSR count). The molecule has 1 fully saturated rings. The number of benzene rings is 2. The molecule has 0 saturated carbocycles. The van der Waals surface area contributed by atoms with Crippen molar-refractivity contribution in [3.8, 4) is 11.3 Å². The van der Waals surface area contributed by atoms with Gasteiger partial charge >= 0.3 is 0 Å². The van der Waals surface area contributed by atoms with Crippen molar-refractivity contribution >= 4 is 16.8 Å². The highest BCUT2D eigenvalue weighted by atomic mass is 16.1. The van der Waals surface area contributed by atoms with E-state index in [0.29, 0.717) is 6.54 Å². The number of carbonyl (C=O) groups excluding carboxylic acids is 1. The van der Waals surface area contributed by atoms with Gasteiger partial charge in [-0.2, -0.15) is 0 Å². The van der Waals surface area contributed by atoms with E-state index in [1.165, 1.54) is 0 Å². The van der Waals surface area contributed by atoms with Crippen LogP contribution in [0.25, 0.3) is 22.2 Å². The van der Waals surface area contributed by atoms with Crippen LogP contribution < -0.4 is 5.32 Å². The summed E-state index contributed by atoms with van der Waals surface area (Å²) < 4.78 is 2.13. The van der Waals surface area contributed by atoms with Gasteiger partial charge in [-0.25, -0.2) is 0 Å². The Morgan fingerprint density at radius 1 is 0.933 bits per heavy atom. The van der Waals surface area contributed by atoms with Gasteiger partial charge in [-0.1, -0.05) is 55.5 Å². The summed E-state index contributed by atoms with van der Waals surface area (Å²) in [4.78, 5) is 17.7. The number of nitrogens with one attached hydrogen (secondary N) is 1. The van der Waals surface area contributed by atoms with Crippen LogP contribution in [0.2, 0.25) is 0 Å². The van der Waals surface area contributed by atoms with E-state index in [0.717, 1.165) is 74.4 Å². The zero-order valence-corrected chi connectivity index (χ0v) is 17.9. The van der Waals surface area contributed by atoms with Crippen LogP contribution in [0.15, 0.2) is 60.7 Å². The average molecular weight is 405 g/mol. The molecule has 2 aromatic carbocycles. The molecule has 1 N–H and O–H groups in total. The fourth-order valence-electron chi connectivity index (χ4n) is 4.29. The van der Waals surface area contributed by atoms with E-state index < -0.39 is 0 Å². The summed E-state index contributed by atoms with van der Waals surface area (Å²) in [5, 5.41) is 4.29. The van der Waals surface area contributed by atoms with Crippen LogP contribution in [-0.2, 0) is 11.3 Å². The standard InChI is InChI=1S/C25H32N4O/c1-2-27-15-17-28(18-16-27)14-8-13-26-25(30)20-29-23-12-7-6-11-22(23)19-24(29)21-9-4-3-5-10-21/h3-7,9-12,19H,2,8,13-18,20H2,1H3,(H,26,30). The van der Waals surface area contributed by atoms with Gasteiger partial charge in [0.05, 0.1) is 0 Å². The number of rotatable bonds is 8. The first-order valence-corrected chi connectivity index (χ1v) is 11.1. The molecule has 158 valence electrons. The van der Waals surface area contributed by atoms with Crippen LogP contribution >= 0.6 is 0 Å². The molecule has 0 unspecified atom stereocenters. The van der Waals surface area contributed by atoms with Crippen molar-refractivity contribution in [2.24, 2.45) is 0 Å². The van der Waals surface area contributed by atoms with Gasteiger partial charge in [0, 0.05) is 49.3 Å². The molecular formula is C25H32N4O. The van der Waals surface area contributed by atoms with Crippen molar-refractivity contribution in [3.05, 3.63) is 60.7 Å². The Balaban J connectivity index is 1.34. The number of nitrogens with zero attached hydrogens (tertiary/aromatic N) is 3. The molecular weight excluding hydrogens is 372 g/mol. The second-order valence-electron chi connectivity index (χ2n) is 8.02. The summed E-state index contributed by atoms with van der Waals surface area (Å²) in [7, 11) is 0. The van der Waals surface area contributed by atoms with E-state index in [4.69, 9.17) is 0 Å². The highest BCUT2D eigenvalue weighted by molar-refractivity contribution is 5.89. The maximum absolute atomic E-state index is 12.7. The molecule has 0 radical (unpaired) electrons. The Morgan fingerprint density at radius 2 is 1.63 bits per heavy atom. The van der Waals surface area contributed by atoms with Crippen molar-refractivity contribution in [1.82, 2.24) is 19.7 Å². The van der Waals surface area contributed by atoms with Gasteiger partial charge in [0.25, 0.3) is 0 Å². The molecule has 0 bridgehead atoms. The Hall–Kier alpha value is -2.63. The molecule has 2 heterocycles. The summed E-state index contributed by atoms with van der Waals surface area (Å²) in [5.41, 5.74) is 3.31. The molecule has 0 aliphatic carbocycles. The minimum atomic E-state index is 0.0735. The van der Waals surface area contributed by atoms with Crippen molar-refractivity contribution < 1.29 is 4.79 Å². The fourth-order valence-corrected chi connectivity index (χ4v) is 4.29. The number of piperazine rings is 1. The number of hydrogen-bond acceptors (Lipinski definition) is 3. The minimum Gasteiger partial charge on any atom is -0.355 e. The predicted octanol–water partition coefficient (Wildman–Crippen LogP) is 3.45. The average Bonchev–Trinajstić information content (AvgIpc) is 3.16. The number of amides is 1. The van der Waals surface area contributed by atoms with E-state index in [1.54, 1.807) is 0 Å². The van der Waals surface area contributed by atoms with Gasteiger partial charge in [0.1, 0.15) is 6.54 Å². The first-order valence-electron chi connectivity index (χ1n) is 11.1. The van der Waals surface area contributed by atoms with Crippen molar-refractivity contribution in [3.63, 3.8) is 0 Å². The third-order valence-electron chi connectivity index (χ3n) is 6.07. The third kappa shape index (κ3) is 4.91. The number of fused-ring (bicyclic) bond motifs is 1. The lowest BCUT2D eigenvalue weighted by molar-refractivity contribution is -0.121.